The van der Waals surface area contributed by atoms with Crippen LogP contribution in [-0.2, 0) is 28.5 Å². The molecule has 0 spiro atoms. The lowest BCUT2D eigenvalue weighted by atomic mass is 9.64. The van der Waals surface area contributed by atoms with Crippen molar-refractivity contribution in [3.63, 3.8) is 0 Å². The quantitative estimate of drug-likeness (QED) is 0.175. The summed E-state index contributed by atoms with van der Waals surface area (Å²) in [4.78, 5) is 25.8. The Balaban J connectivity index is 3.89. The van der Waals surface area contributed by atoms with Crippen molar-refractivity contribution in [1.82, 2.24) is 0 Å². The molecule has 0 heterocycles. The molecule has 1 aliphatic rings. The number of ether oxygens (including phenoxy) is 4. The monoisotopic (exact) mass is 735 g/mol. The van der Waals surface area contributed by atoms with Gasteiger partial charge in [0.2, 0.25) is 11.8 Å². The fourth-order valence-corrected chi connectivity index (χ4v) is 8.04. The van der Waals surface area contributed by atoms with Crippen molar-refractivity contribution in [2.45, 2.75) is 28.8 Å². The van der Waals surface area contributed by atoms with Gasteiger partial charge in [0, 0.05) is 48.4 Å². The maximum Gasteiger partial charge on any atom is 0.239 e. The average molecular weight is 735 g/mol. The molecule has 2 atom stereocenters. The third-order valence-corrected chi connectivity index (χ3v) is 9.61. The van der Waals surface area contributed by atoms with E-state index in [2.05, 4.69) is 0 Å². The minimum absolute atomic E-state index is 0.0573. The van der Waals surface area contributed by atoms with Crippen molar-refractivity contribution in [3.8, 4) is 0 Å². The molecule has 0 aromatic rings. The van der Waals surface area contributed by atoms with Gasteiger partial charge in [0.05, 0.1) is 5.70 Å². The first-order valence-electron chi connectivity index (χ1n) is 7.94. The number of halogens is 3. The average Bonchev–Trinajstić information content (AvgIpc) is 2.66. The number of methoxy groups -OCH3 is 4. The predicted octanol–water partition coefficient (Wildman–Crippen LogP) is 1.44. The minimum Gasteiger partial charge on any atom is -0.397 e. The normalized spacial score (nSPS) is 25.8. The van der Waals surface area contributed by atoms with Crippen molar-refractivity contribution < 1.29 is 28.5 Å². The van der Waals surface area contributed by atoms with Crippen LogP contribution in [0.5, 0.6) is 0 Å². The number of hydrogen-bond donors (Lipinski definition) is 3. The number of carbonyl (C=O) groups excluding carboxylic acids is 2. The molecule has 12 heteroatoms. The Hall–Kier alpha value is 0.250. The van der Waals surface area contributed by atoms with E-state index >= 15 is 0 Å². The molecule has 0 aliphatic heterocycles. The van der Waals surface area contributed by atoms with E-state index in [9.17, 15) is 9.59 Å². The second-order valence-electron chi connectivity index (χ2n) is 6.02. The van der Waals surface area contributed by atoms with Crippen molar-refractivity contribution in [2.75, 3.05) is 28.4 Å². The third-order valence-electron chi connectivity index (χ3n) is 4.77. The standard InChI is InChI=1S/C16H24I3N3O6/c1-25-8(26-2)5-7-10(17)11(20)12(18)15(13(21)23,6-9(27-3)28-4)16(7,19)14(22)24/h8-9H,5-6,20H2,1-4H3,(H2,21,23)(H2,22,24). The lowest BCUT2D eigenvalue weighted by Gasteiger charge is -2.49. The number of primary amides is 2. The van der Waals surface area contributed by atoms with Crippen LogP contribution in [0.25, 0.3) is 0 Å². The molecule has 28 heavy (non-hydrogen) atoms. The molecule has 9 nitrogen and oxygen atoms in total. The Morgan fingerprint density at radius 1 is 0.964 bits per heavy atom. The minimum atomic E-state index is -1.59. The molecule has 0 aromatic heterocycles. The number of alkyl halides is 1. The summed E-state index contributed by atoms with van der Waals surface area (Å²) in [5.74, 6) is -1.51. The van der Waals surface area contributed by atoms with Crippen LogP contribution in [0, 0.1) is 5.41 Å². The van der Waals surface area contributed by atoms with Crippen LogP contribution in [-0.4, -0.2) is 56.3 Å². The Morgan fingerprint density at radius 2 is 1.43 bits per heavy atom. The molecule has 0 aromatic carbocycles. The lowest BCUT2D eigenvalue weighted by molar-refractivity contribution is -0.148. The molecular formula is C16H24I3N3O6. The van der Waals surface area contributed by atoms with Gasteiger partial charge in [-0.15, -0.1) is 0 Å². The summed E-state index contributed by atoms with van der Waals surface area (Å²) in [5.41, 5.74) is 17.3. The van der Waals surface area contributed by atoms with Gasteiger partial charge in [-0.25, -0.2) is 0 Å². The van der Waals surface area contributed by atoms with Gasteiger partial charge in [-0.2, -0.15) is 0 Å². The van der Waals surface area contributed by atoms with Gasteiger partial charge in [-0.1, -0.05) is 22.6 Å². The third kappa shape index (κ3) is 4.32. The van der Waals surface area contributed by atoms with E-state index in [0.29, 0.717) is 18.4 Å². The highest BCUT2D eigenvalue weighted by Crippen LogP contribution is 2.60. The Bertz CT molecular complexity index is 693. The zero-order valence-electron chi connectivity index (χ0n) is 15.9. The Kier molecular flexibility index (Phi) is 9.87. The topological polar surface area (TPSA) is 149 Å². The van der Waals surface area contributed by atoms with Crippen molar-refractivity contribution >= 4 is 79.6 Å². The number of allylic oxidation sites excluding steroid dienone is 1. The summed E-state index contributed by atoms with van der Waals surface area (Å²) in [6.45, 7) is 0. The summed E-state index contributed by atoms with van der Waals surface area (Å²) in [6, 6.07) is 0. The highest BCUT2D eigenvalue weighted by atomic mass is 127. The van der Waals surface area contributed by atoms with Crippen LogP contribution >= 0.6 is 67.8 Å². The summed E-state index contributed by atoms with van der Waals surface area (Å²) in [6.07, 6.45) is -1.40. The number of hydrogen-bond acceptors (Lipinski definition) is 7. The van der Waals surface area contributed by atoms with Crippen LogP contribution < -0.4 is 17.2 Å². The molecule has 1 rings (SSSR count). The lowest BCUT2D eigenvalue weighted by Crippen LogP contribution is -2.63. The van der Waals surface area contributed by atoms with Gasteiger partial charge < -0.3 is 36.1 Å². The fraction of sp³-hybridized carbons (Fsp3) is 0.625. The van der Waals surface area contributed by atoms with Crippen LogP contribution in [0.3, 0.4) is 0 Å². The second kappa shape index (κ2) is 10.5. The molecule has 2 unspecified atom stereocenters. The zero-order valence-corrected chi connectivity index (χ0v) is 22.4. The van der Waals surface area contributed by atoms with E-state index in [4.69, 9.17) is 36.1 Å². The largest absolute Gasteiger partial charge is 0.397 e. The first-order valence-corrected chi connectivity index (χ1v) is 11.2. The molecule has 0 saturated carbocycles. The van der Waals surface area contributed by atoms with E-state index in [-0.39, 0.29) is 12.8 Å². The van der Waals surface area contributed by atoms with Gasteiger partial charge in [0.1, 0.15) is 8.84 Å². The first-order chi connectivity index (χ1) is 13.0. The van der Waals surface area contributed by atoms with Gasteiger partial charge >= 0.3 is 0 Å². The highest BCUT2D eigenvalue weighted by molar-refractivity contribution is 14.1. The Morgan fingerprint density at radius 3 is 1.79 bits per heavy atom. The molecule has 6 N–H and O–H groups in total. The summed E-state index contributed by atoms with van der Waals surface area (Å²) in [7, 11) is 5.80. The van der Waals surface area contributed by atoms with Gasteiger partial charge in [0.15, 0.2) is 12.6 Å². The molecule has 0 fully saturated rings. The van der Waals surface area contributed by atoms with E-state index in [1.165, 1.54) is 28.4 Å². The SMILES string of the molecule is COC(CC1=C(I)C(N)=C(I)C(CC(OC)OC)(C(N)=O)C1(I)C(N)=O)OC. The first kappa shape index (κ1) is 26.3. The van der Waals surface area contributed by atoms with Gasteiger partial charge in [0.25, 0.3) is 0 Å². The molecule has 0 saturated heterocycles. The smallest absolute Gasteiger partial charge is 0.239 e. The highest BCUT2D eigenvalue weighted by Gasteiger charge is 2.65. The maximum atomic E-state index is 12.9. The summed E-state index contributed by atoms with van der Waals surface area (Å²) >= 11 is 5.86. The van der Waals surface area contributed by atoms with Crippen LogP contribution in [0.2, 0.25) is 0 Å². The molecule has 1 aliphatic carbocycles. The maximum absolute atomic E-state index is 12.9. The van der Waals surface area contributed by atoms with Crippen molar-refractivity contribution in [2.24, 2.45) is 22.6 Å². The van der Waals surface area contributed by atoms with E-state index in [0.717, 1.165) is 0 Å². The van der Waals surface area contributed by atoms with Crippen molar-refractivity contribution in [3.05, 3.63) is 18.4 Å². The van der Waals surface area contributed by atoms with E-state index in [1.807, 2.05) is 67.8 Å². The van der Waals surface area contributed by atoms with Gasteiger partial charge in [-0.05, 0) is 50.8 Å². The molecule has 0 radical (unpaired) electrons. The number of nitrogens with two attached hydrogens (primary N) is 3. The van der Waals surface area contributed by atoms with E-state index in [1.54, 1.807) is 0 Å². The van der Waals surface area contributed by atoms with Gasteiger partial charge in [-0.3, -0.25) is 9.59 Å². The predicted molar refractivity (Wildman–Crippen MR) is 129 cm³/mol. The number of rotatable bonds is 10. The Labute approximate surface area is 204 Å². The van der Waals surface area contributed by atoms with Crippen LogP contribution in [0.4, 0.5) is 0 Å². The summed E-state index contributed by atoms with van der Waals surface area (Å²) in [5, 5.41) is 0. The second-order valence-corrected chi connectivity index (χ2v) is 9.80. The van der Waals surface area contributed by atoms with Crippen molar-refractivity contribution in [1.29, 1.82) is 0 Å². The molecule has 0 bridgehead atoms. The fourth-order valence-electron chi connectivity index (χ4n) is 3.19. The number of amides is 2. The molecular weight excluding hydrogens is 711 g/mol. The number of carbonyl (C=O) groups is 2. The molecule has 160 valence electrons. The van der Waals surface area contributed by atoms with Crippen LogP contribution in [0.15, 0.2) is 18.4 Å². The van der Waals surface area contributed by atoms with Crippen LogP contribution in [0.1, 0.15) is 12.8 Å². The summed E-state index contributed by atoms with van der Waals surface area (Å²) < 4.78 is 20.7. The zero-order chi connectivity index (χ0) is 21.9. The molecule has 2 amide bonds. The van der Waals surface area contributed by atoms with E-state index < -0.39 is 33.2 Å².